The minimum Gasteiger partial charge on any atom is -0.388 e. The molecule has 9 heteroatoms. The van der Waals surface area contributed by atoms with Gasteiger partial charge in [-0.3, -0.25) is 10.5 Å². The first-order chi connectivity index (χ1) is 9.70. The SMILES string of the molecule is NNc1nc(NCC2(O)CCOCC2)c2cn[nH]c2n1. The number of hydrogen-bond acceptors (Lipinski definition) is 8. The number of aromatic nitrogens is 4. The molecule has 0 spiro atoms. The largest absolute Gasteiger partial charge is 0.388 e. The Kier molecular flexibility index (Phi) is 3.38. The van der Waals surface area contributed by atoms with Crippen molar-refractivity contribution in [3.8, 4) is 0 Å². The third kappa shape index (κ3) is 2.50. The van der Waals surface area contributed by atoms with E-state index in [4.69, 9.17) is 10.6 Å². The van der Waals surface area contributed by atoms with E-state index in [2.05, 4.69) is 30.9 Å². The average molecular weight is 279 g/mol. The molecule has 2 aromatic heterocycles. The molecule has 0 aromatic carbocycles. The molecule has 0 unspecified atom stereocenters. The lowest BCUT2D eigenvalue weighted by molar-refractivity contribution is -0.0543. The summed E-state index contributed by atoms with van der Waals surface area (Å²) in [5.74, 6) is 6.20. The van der Waals surface area contributed by atoms with E-state index in [1.807, 2.05) is 0 Å². The number of hydrazine groups is 1. The summed E-state index contributed by atoms with van der Waals surface area (Å²) in [6.07, 6.45) is 2.83. The molecule has 0 amide bonds. The molecule has 1 aliphatic rings. The number of nitrogen functional groups attached to an aromatic ring is 1. The minimum absolute atomic E-state index is 0.281. The average Bonchev–Trinajstić information content (AvgIpc) is 2.93. The highest BCUT2D eigenvalue weighted by molar-refractivity contribution is 5.86. The molecular weight excluding hydrogens is 262 g/mol. The highest BCUT2D eigenvalue weighted by atomic mass is 16.5. The van der Waals surface area contributed by atoms with Crippen LogP contribution in [0.15, 0.2) is 6.20 Å². The lowest BCUT2D eigenvalue weighted by Crippen LogP contribution is -2.42. The topological polar surface area (TPSA) is 134 Å². The molecule has 1 saturated heterocycles. The summed E-state index contributed by atoms with van der Waals surface area (Å²) in [5.41, 5.74) is 2.20. The first-order valence-corrected chi connectivity index (χ1v) is 6.42. The smallest absolute Gasteiger partial charge is 0.241 e. The number of nitrogens with two attached hydrogens (primary N) is 1. The zero-order valence-corrected chi connectivity index (χ0v) is 10.9. The molecule has 3 rings (SSSR count). The Balaban J connectivity index is 1.81. The summed E-state index contributed by atoms with van der Waals surface area (Å²) in [5, 5.41) is 21.0. The van der Waals surface area contributed by atoms with Gasteiger partial charge in [-0.15, -0.1) is 0 Å². The first kappa shape index (κ1) is 13.0. The predicted molar refractivity (Wildman–Crippen MR) is 73.0 cm³/mol. The number of H-pyrrole nitrogens is 1. The Labute approximate surface area is 114 Å². The van der Waals surface area contributed by atoms with Gasteiger partial charge in [0.05, 0.1) is 17.2 Å². The molecule has 0 saturated carbocycles. The zero-order valence-electron chi connectivity index (χ0n) is 10.9. The Bertz CT molecular complexity index is 593. The summed E-state index contributed by atoms with van der Waals surface area (Å²) < 4.78 is 5.26. The van der Waals surface area contributed by atoms with Crippen molar-refractivity contribution in [1.82, 2.24) is 20.2 Å². The highest BCUT2D eigenvalue weighted by Gasteiger charge is 2.29. The van der Waals surface area contributed by atoms with Gasteiger partial charge in [-0.2, -0.15) is 15.1 Å². The number of nitrogens with one attached hydrogen (secondary N) is 3. The van der Waals surface area contributed by atoms with Crippen LogP contribution in [0.4, 0.5) is 11.8 Å². The van der Waals surface area contributed by atoms with Crippen molar-refractivity contribution < 1.29 is 9.84 Å². The first-order valence-electron chi connectivity index (χ1n) is 6.42. The molecule has 9 nitrogen and oxygen atoms in total. The lowest BCUT2D eigenvalue weighted by Gasteiger charge is -2.32. The van der Waals surface area contributed by atoms with E-state index in [9.17, 15) is 5.11 Å². The second-order valence-electron chi connectivity index (χ2n) is 4.86. The van der Waals surface area contributed by atoms with Gasteiger partial charge in [-0.1, -0.05) is 0 Å². The number of rotatable bonds is 4. The maximum absolute atomic E-state index is 10.4. The molecule has 0 radical (unpaired) electrons. The van der Waals surface area contributed by atoms with Crippen LogP contribution >= 0.6 is 0 Å². The number of ether oxygens (including phenoxy) is 1. The summed E-state index contributed by atoms with van der Waals surface area (Å²) in [6, 6.07) is 0. The lowest BCUT2D eigenvalue weighted by atomic mass is 9.94. The number of anilines is 2. The summed E-state index contributed by atoms with van der Waals surface area (Å²) in [6.45, 7) is 1.52. The van der Waals surface area contributed by atoms with Gasteiger partial charge in [0.15, 0.2) is 5.65 Å². The highest BCUT2D eigenvalue weighted by Crippen LogP contribution is 2.24. The van der Waals surface area contributed by atoms with Crippen molar-refractivity contribution in [2.45, 2.75) is 18.4 Å². The number of aromatic amines is 1. The third-order valence-corrected chi connectivity index (χ3v) is 3.45. The molecule has 1 fully saturated rings. The van der Waals surface area contributed by atoms with Crippen molar-refractivity contribution >= 4 is 22.8 Å². The molecule has 0 bridgehead atoms. The molecule has 20 heavy (non-hydrogen) atoms. The summed E-state index contributed by atoms with van der Waals surface area (Å²) >= 11 is 0. The fourth-order valence-electron chi connectivity index (χ4n) is 2.21. The second-order valence-corrected chi connectivity index (χ2v) is 4.86. The van der Waals surface area contributed by atoms with E-state index in [0.717, 1.165) is 5.39 Å². The van der Waals surface area contributed by atoms with Crippen LogP contribution in [0.5, 0.6) is 0 Å². The molecule has 2 aromatic rings. The quantitative estimate of drug-likeness (QED) is 0.377. The van der Waals surface area contributed by atoms with E-state index in [1.165, 1.54) is 0 Å². The Morgan fingerprint density at radius 3 is 2.95 bits per heavy atom. The van der Waals surface area contributed by atoms with E-state index >= 15 is 0 Å². The van der Waals surface area contributed by atoms with Crippen LogP contribution in [-0.4, -0.2) is 50.6 Å². The van der Waals surface area contributed by atoms with Gasteiger partial charge in [-0.05, 0) is 0 Å². The molecule has 0 aliphatic carbocycles. The fraction of sp³-hybridized carbons (Fsp3) is 0.545. The maximum atomic E-state index is 10.4. The van der Waals surface area contributed by atoms with Crippen LogP contribution in [0.2, 0.25) is 0 Å². The van der Waals surface area contributed by atoms with Crippen molar-refractivity contribution in [3.63, 3.8) is 0 Å². The van der Waals surface area contributed by atoms with Gasteiger partial charge < -0.3 is 15.2 Å². The van der Waals surface area contributed by atoms with Crippen LogP contribution in [0.1, 0.15) is 12.8 Å². The molecule has 0 atom stereocenters. The Morgan fingerprint density at radius 1 is 1.40 bits per heavy atom. The Hall–Kier alpha value is -1.97. The minimum atomic E-state index is -0.782. The van der Waals surface area contributed by atoms with E-state index in [0.29, 0.717) is 44.1 Å². The normalized spacial score (nSPS) is 18.1. The second kappa shape index (κ2) is 5.19. The van der Waals surface area contributed by atoms with Crippen LogP contribution in [0, 0.1) is 0 Å². The van der Waals surface area contributed by atoms with Crippen LogP contribution < -0.4 is 16.6 Å². The van der Waals surface area contributed by atoms with E-state index < -0.39 is 5.60 Å². The summed E-state index contributed by atoms with van der Waals surface area (Å²) in [4.78, 5) is 8.39. The van der Waals surface area contributed by atoms with Crippen LogP contribution in [0.25, 0.3) is 11.0 Å². The maximum Gasteiger partial charge on any atom is 0.241 e. The Morgan fingerprint density at radius 2 is 2.20 bits per heavy atom. The van der Waals surface area contributed by atoms with Gasteiger partial charge in [0, 0.05) is 32.6 Å². The zero-order chi connectivity index (χ0) is 14.0. The van der Waals surface area contributed by atoms with Crippen LogP contribution in [-0.2, 0) is 4.74 Å². The van der Waals surface area contributed by atoms with E-state index in [-0.39, 0.29) is 5.95 Å². The molecule has 1 aliphatic heterocycles. The van der Waals surface area contributed by atoms with Gasteiger partial charge in [0.1, 0.15) is 5.82 Å². The molecular formula is C11H17N7O2. The predicted octanol–water partition coefficient (Wildman–Crippen LogP) is -0.408. The van der Waals surface area contributed by atoms with Gasteiger partial charge in [0.25, 0.3) is 0 Å². The van der Waals surface area contributed by atoms with Gasteiger partial charge >= 0.3 is 0 Å². The fourth-order valence-corrected chi connectivity index (χ4v) is 2.21. The number of fused-ring (bicyclic) bond motifs is 1. The van der Waals surface area contributed by atoms with Crippen molar-refractivity contribution in [3.05, 3.63) is 6.20 Å². The molecule has 3 heterocycles. The molecule has 6 N–H and O–H groups in total. The van der Waals surface area contributed by atoms with E-state index in [1.54, 1.807) is 6.20 Å². The number of aliphatic hydroxyl groups is 1. The molecule has 108 valence electrons. The van der Waals surface area contributed by atoms with Crippen molar-refractivity contribution in [1.29, 1.82) is 0 Å². The number of nitrogens with zero attached hydrogens (tertiary/aromatic N) is 3. The monoisotopic (exact) mass is 279 g/mol. The van der Waals surface area contributed by atoms with Gasteiger partial charge in [0.2, 0.25) is 5.95 Å². The van der Waals surface area contributed by atoms with Crippen molar-refractivity contribution in [2.75, 3.05) is 30.5 Å². The summed E-state index contributed by atoms with van der Waals surface area (Å²) in [7, 11) is 0. The standard InChI is InChI=1S/C11H17N7O2/c12-17-10-15-8(7-5-14-18-9(7)16-10)13-6-11(19)1-3-20-4-2-11/h5,19H,1-4,6,12H2,(H3,13,14,15,16,17,18). The number of hydrogen-bond donors (Lipinski definition) is 5. The van der Waals surface area contributed by atoms with Crippen LogP contribution in [0.3, 0.4) is 0 Å². The van der Waals surface area contributed by atoms with Gasteiger partial charge in [-0.25, -0.2) is 5.84 Å². The third-order valence-electron chi connectivity index (χ3n) is 3.45. The van der Waals surface area contributed by atoms with Crippen molar-refractivity contribution in [2.24, 2.45) is 5.84 Å².